The Balaban J connectivity index is 1.02. The van der Waals surface area contributed by atoms with Crippen LogP contribution in [0, 0.1) is 0 Å². The highest BCUT2D eigenvalue weighted by molar-refractivity contribution is 5.94. The standard InChI is InChI=1S/C36H48F3N7O9/c1-35(2,3)55-34(49)42-10-13-50-14-15-51-16-17-52-18-19-53-20-21-54-26-6-8-40-30(23-26)32(47)41-9-12-46-11-7-29(33(46)48)45-31-27-22-25(36(37,38)39)4-5-28(27)43-24-44-31/h4-6,8,22-24,29H,7,9-21H2,1-3H3,(H,41,47)(H,42,49)(H,43,44,45)/t29-/m0/s1. The molecule has 0 saturated carbocycles. The number of alkyl carbamates (subject to hydrolysis) is 1. The fourth-order valence-corrected chi connectivity index (χ4v) is 5.15. The number of fused-ring (bicyclic) bond motifs is 1. The number of carbonyl (C=O) groups excluding carboxylic acids is 3. The molecule has 19 heteroatoms. The van der Waals surface area contributed by atoms with Crippen LogP contribution in [-0.2, 0) is 34.7 Å². The number of anilines is 1. The second kappa shape index (κ2) is 21.3. The quantitative estimate of drug-likeness (QED) is 0.126. The first kappa shape index (κ1) is 42.9. The van der Waals surface area contributed by atoms with Gasteiger partial charge in [0, 0.05) is 43.8 Å². The molecule has 0 unspecified atom stereocenters. The van der Waals surface area contributed by atoms with Crippen molar-refractivity contribution in [3.8, 4) is 5.75 Å². The van der Waals surface area contributed by atoms with E-state index in [1.165, 1.54) is 24.7 Å². The first-order valence-corrected chi connectivity index (χ1v) is 17.8. The Bertz CT molecular complexity index is 1690. The highest BCUT2D eigenvalue weighted by Gasteiger charge is 2.33. The van der Waals surface area contributed by atoms with Crippen LogP contribution in [0.15, 0.2) is 42.9 Å². The molecule has 3 heterocycles. The summed E-state index contributed by atoms with van der Waals surface area (Å²) in [7, 11) is 0. The third-order valence-electron chi connectivity index (χ3n) is 7.73. The SMILES string of the molecule is CC(C)(C)OC(=O)NCCOCCOCCOCCOCCOc1ccnc(C(=O)NCCN2CC[C@H](Nc3ncnc4ccc(C(F)(F)F)cc34)C2=O)c1. The van der Waals surface area contributed by atoms with Crippen molar-refractivity contribution in [2.45, 2.75) is 45.0 Å². The summed E-state index contributed by atoms with van der Waals surface area (Å²) in [6.07, 6.45) is -1.94. The lowest BCUT2D eigenvalue weighted by atomic mass is 10.1. The minimum atomic E-state index is -4.54. The molecule has 1 aliphatic heterocycles. The van der Waals surface area contributed by atoms with Gasteiger partial charge in [0.1, 0.15) is 41.8 Å². The Hall–Kier alpha value is -4.85. The number of carbonyl (C=O) groups is 3. The number of nitrogens with one attached hydrogen (secondary N) is 3. The highest BCUT2D eigenvalue weighted by atomic mass is 19.4. The zero-order valence-corrected chi connectivity index (χ0v) is 31.1. The van der Waals surface area contributed by atoms with E-state index < -0.39 is 35.4 Å². The maximum atomic E-state index is 13.3. The monoisotopic (exact) mass is 779 g/mol. The molecule has 1 saturated heterocycles. The molecule has 1 aliphatic rings. The topological polar surface area (TPSA) is 185 Å². The molecule has 0 aliphatic carbocycles. The summed E-state index contributed by atoms with van der Waals surface area (Å²) >= 11 is 0. The lowest BCUT2D eigenvalue weighted by Gasteiger charge is -2.19. The molecule has 0 spiro atoms. The van der Waals surface area contributed by atoms with Gasteiger partial charge in [0.15, 0.2) is 0 Å². The van der Waals surface area contributed by atoms with E-state index in [-0.39, 0.29) is 42.5 Å². The third-order valence-corrected chi connectivity index (χ3v) is 7.73. The number of hydrogen-bond donors (Lipinski definition) is 3. The lowest BCUT2D eigenvalue weighted by Crippen LogP contribution is -2.39. The number of aromatic nitrogens is 3. The molecule has 3 aromatic rings. The molecule has 1 aromatic carbocycles. The van der Waals surface area contributed by atoms with Crippen molar-refractivity contribution >= 4 is 34.6 Å². The van der Waals surface area contributed by atoms with E-state index in [4.69, 9.17) is 28.4 Å². The zero-order valence-electron chi connectivity index (χ0n) is 31.1. The van der Waals surface area contributed by atoms with Crippen LogP contribution >= 0.6 is 0 Å². The number of hydrogen-bond acceptors (Lipinski definition) is 13. The number of pyridine rings is 1. The Morgan fingerprint density at radius 3 is 2.18 bits per heavy atom. The molecule has 3 N–H and O–H groups in total. The number of ether oxygens (including phenoxy) is 6. The predicted octanol–water partition coefficient (Wildman–Crippen LogP) is 3.46. The molecule has 3 amide bonds. The zero-order chi connectivity index (χ0) is 39.7. The average Bonchev–Trinajstić information content (AvgIpc) is 3.48. The van der Waals surface area contributed by atoms with E-state index >= 15 is 0 Å². The molecule has 0 radical (unpaired) electrons. The number of benzene rings is 1. The molecule has 302 valence electrons. The van der Waals surface area contributed by atoms with Gasteiger partial charge in [-0.05, 0) is 51.5 Å². The summed E-state index contributed by atoms with van der Waals surface area (Å²) in [6, 6.07) is 5.60. The maximum Gasteiger partial charge on any atom is 0.416 e. The van der Waals surface area contributed by atoms with Gasteiger partial charge in [-0.15, -0.1) is 0 Å². The fraction of sp³-hybridized carbons (Fsp3) is 0.556. The van der Waals surface area contributed by atoms with Gasteiger partial charge in [-0.2, -0.15) is 13.2 Å². The van der Waals surface area contributed by atoms with Crippen LogP contribution in [0.1, 0.15) is 43.2 Å². The van der Waals surface area contributed by atoms with Gasteiger partial charge in [0.2, 0.25) is 5.91 Å². The summed E-state index contributed by atoms with van der Waals surface area (Å²) in [5.41, 5.74) is -0.931. The van der Waals surface area contributed by atoms with Crippen LogP contribution in [0.3, 0.4) is 0 Å². The van der Waals surface area contributed by atoms with Gasteiger partial charge >= 0.3 is 12.3 Å². The van der Waals surface area contributed by atoms with Crippen LogP contribution in [-0.4, -0.2) is 135 Å². The Kier molecular flexibility index (Phi) is 16.6. The largest absolute Gasteiger partial charge is 0.491 e. The summed E-state index contributed by atoms with van der Waals surface area (Å²) < 4.78 is 72.5. The molecule has 1 atom stereocenters. The van der Waals surface area contributed by atoms with Gasteiger partial charge in [0.25, 0.3) is 5.91 Å². The summed E-state index contributed by atoms with van der Waals surface area (Å²) in [5, 5.41) is 8.49. The van der Waals surface area contributed by atoms with E-state index in [1.54, 1.807) is 31.7 Å². The number of nitrogens with zero attached hydrogens (tertiary/aromatic N) is 4. The van der Waals surface area contributed by atoms with Crippen molar-refractivity contribution in [2.75, 3.05) is 91.0 Å². The van der Waals surface area contributed by atoms with E-state index in [1.807, 2.05) is 0 Å². The maximum absolute atomic E-state index is 13.3. The molecule has 16 nitrogen and oxygen atoms in total. The average molecular weight is 780 g/mol. The number of likely N-dealkylation sites (tertiary alicyclic amines) is 1. The minimum absolute atomic E-state index is 0.136. The molecule has 4 rings (SSSR count). The van der Waals surface area contributed by atoms with Gasteiger partial charge in [-0.3, -0.25) is 14.6 Å². The summed E-state index contributed by atoms with van der Waals surface area (Å²) in [5.74, 6) is -0.133. The molecule has 0 bridgehead atoms. The Labute approximate surface area is 316 Å². The molecular weight excluding hydrogens is 731 g/mol. The number of halogens is 3. The van der Waals surface area contributed by atoms with Gasteiger partial charge < -0.3 is 49.3 Å². The van der Waals surface area contributed by atoms with Crippen molar-refractivity contribution < 1.29 is 56.0 Å². The summed E-state index contributed by atoms with van der Waals surface area (Å²) in [6.45, 7) is 9.70. The van der Waals surface area contributed by atoms with Gasteiger partial charge in [0.05, 0.1) is 63.9 Å². The van der Waals surface area contributed by atoms with Crippen molar-refractivity contribution in [1.29, 1.82) is 0 Å². The summed E-state index contributed by atoms with van der Waals surface area (Å²) in [4.78, 5) is 51.1. The first-order chi connectivity index (χ1) is 26.3. The Morgan fingerprint density at radius 1 is 0.836 bits per heavy atom. The van der Waals surface area contributed by atoms with Crippen LogP contribution in [0.2, 0.25) is 0 Å². The minimum Gasteiger partial charge on any atom is -0.491 e. The van der Waals surface area contributed by atoms with Crippen molar-refractivity contribution in [2.24, 2.45) is 0 Å². The molecule has 1 fully saturated rings. The number of amides is 3. The third kappa shape index (κ3) is 15.1. The lowest BCUT2D eigenvalue weighted by molar-refractivity contribution is -0.137. The van der Waals surface area contributed by atoms with Crippen LogP contribution < -0.4 is 20.7 Å². The molecule has 55 heavy (non-hydrogen) atoms. The van der Waals surface area contributed by atoms with Gasteiger partial charge in [-0.25, -0.2) is 14.8 Å². The van der Waals surface area contributed by atoms with E-state index in [0.717, 1.165) is 12.1 Å². The normalized spacial score (nSPS) is 14.6. The first-order valence-electron chi connectivity index (χ1n) is 17.8. The smallest absolute Gasteiger partial charge is 0.416 e. The Morgan fingerprint density at radius 2 is 1.51 bits per heavy atom. The molecule has 2 aromatic heterocycles. The van der Waals surface area contributed by atoms with E-state index in [9.17, 15) is 27.6 Å². The molecular formula is C36H48F3N7O9. The van der Waals surface area contributed by atoms with Crippen LogP contribution in [0.25, 0.3) is 10.9 Å². The fourth-order valence-electron chi connectivity index (χ4n) is 5.15. The van der Waals surface area contributed by atoms with Gasteiger partial charge in [-0.1, -0.05) is 0 Å². The van der Waals surface area contributed by atoms with Crippen LogP contribution in [0.5, 0.6) is 5.75 Å². The second-order valence-electron chi connectivity index (χ2n) is 13.1. The van der Waals surface area contributed by atoms with Crippen molar-refractivity contribution in [3.05, 3.63) is 54.1 Å². The predicted molar refractivity (Wildman–Crippen MR) is 193 cm³/mol. The second-order valence-corrected chi connectivity index (χ2v) is 13.1. The number of alkyl halides is 3. The number of rotatable bonds is 22. The van der Waals surface area contributed by atoms with Crippen molar-refractivity contribution in [3.63, 3.8) is 0 Å². The van der Waals surface area contributed by atoms with E-state index in [0.29, 0.717) is 83.6 Å². The van der Waals surface area contributed by atoms with E-state index in [2.05, 4.69) is 30.9 Å². The van der Waals surface area contributed by atoms with Crippen LogP contribution in [0.4, 0.5) is 23.8 Å². The van der Waals surface area contributed by atoms with Crippen molar-refractivity contribution in [1.82, 2.24) is 30.5 Å². The highest BCUT2D eigenvalue weighted by Crippen LogP contribution is 2.33.